The van der Waals surface area contributed by atoms with Crippen molar-refractivity contribution in [2.75, 3.05) is 0 Å². The summed E-state index contributed by atoms with van der Waals surface area (Å²) >= 11 is 0. The highest BCUT2D eigenvalue weighted by Crippen LogP contribution is 2.36. The third-order valence-electron chi connectivity index (χ3n) is 5.56. The van der Waals surface area contributed by atoms with Gasteiger partial charge in [0.15, 0.2) is 0 Å². The van der Waals surface area contributed by atoms with Gasteiger partial charge in [0.05, 0.1) is 0 Å². The van der Waals surface area contributed by atoms with Gasteiger partial charge in [-0.1, -0.05) is 65.2 Å². The molecule has 0 amide bonds. The van der Waals surface area contributed by atoms with Crippen molar-refractivity contribution in [2.24, 2.45) is 5.92 Å². The van der Waals surface area contributed by atoms with Crippen molar-refractivity contribution in [3.05, 3.63) is 46.5 Å². The van der Waals surface area contributed by atoms with E-state index in [1.807, 2.05) is 13.8 Å². The second kappa shape index (κ2) is 9.90. The molecule has 160 valence electrons. The van der Waals surface area contributed by atoms with E-state index in [0.29, 0.717) is 5.56 Å². The van der Waals surface area contributed by atoms with Gasteiger partial charge in [-0.2, -0.15) is 8.42 Å². The zero-order valence-electron chi connectivity index (χ0n) is 18.8. The first-order valence-electron chi connectivity index (χ1n) is 10.9. The van der Waals surface area contributed by atoms with Gasteiger partial charge in [-0.05, 0) is 78.1 Å². The Labute approximate surface area is 177 Å². The second-order valence-corrected chi connectivity index (χ2v) is 9.84. The van der Waals surface area contributed by atoms with Crippen molar-refractivity contribution in [2.45, 2.75) is 85.0 Å². The molecule has 4 heteroatoms. The maximum Gasteiger partial charge on any atom is 0.295 e. The monoisotopic (exact) mass is 416 g/mol. The summed E-state index contributed by atoms with van der Waals surface area (Å²) in [6, 6.07) is 6.04. The van der Waals surface area contributed by atoms with Crippen LogP contribution in [-0.4, -0.2) is 13.0 Å². The summed E-state index contributed by atoms with van der Waals surface area (Å²) in [7, 11) is -4.34. The molecule has 0 heterocycles. The summed E-state index contributed by atoms with van der Waals surface area (Å²) in [4.78, 5) is 0.0299. The standard InChI is InChI=1S/C25H36O3S/c1-7-9-10-12-22-20(11-8-2)13-14-21-19(6)25(18(5)15-17(3)4)24(16-23(21)22)29(26,27)28/h13-17H,7-12H2,1-6H3,(H,26,27,28). The minimum atomic E-state index is -4.34. The van der Waals surface area contributed by atoms with E-state index in [1.54, 1.807) is 6.07 Å². The van der Waals surface area contributed by atoms with E-state index in [0.717, 1.165) is 60.4 Å². The Morgan fingerprint density at radius 1 is 1.07 bits per heavy atom. The van der Waals surface area contributed by atoms with E-state index < -0.39 is 10.1 Å². The summed E-state index contributed by atoms with van der Waals surface area (Å²) in [5.74, 6) is 0.288. The van der Waals surface area contributed by atoms with Gasteiger partial charge in [-0.15, -0.1) is 0 Å². The van der Waals surface area contributed by atoms with E-state index in [4.69, 9.17) is 0 Å². The number of hydrogen-bond acceptors (Lipinski definition) is 2. The maximum atomic E-state index is 12.4. The molecule has 0 atom stereocenters. The van der Waals surface area contributed by atoms with Crippen LogP contribution < -0.4 is 0 Å². The first-order chi connectivity index (χ1) is 13.6. The number of allylic oxidation sites excluding steroid dienone is 2. The molecule has 0 fully saturated rings. The predicted octanol–water partition coefficient (Wildman–Crippen LogP) is 7.14. The molecule has 0 aliphatic rings. The largest absolute Gasteiger partial charge is 0.295 e. The van der Waals surface area contributed by atoms with Crippen molar-refractivity contribution in [1.29, 1.82) is 0 Å². The third-order valence-corrected chi connectivity index (χ3v) is 6.44. The Balaban J connectivity index is 2.89. The Morgan fingerprint density at radius 2 is 1.76 bits per heavy atom. The molecule has 0 radical (unpaired) electrons. The van der Waals surface area contributed by atoms with Gasteiger partial charge in [0.2, 0.25) is 0 Å². The van der Waals surface area contributed by atoms with Gasteiger partial charge in [-0.3, -0.25) is 4.55 Å². The van der Waals surface area contributed by atoms with E-state index in [2.05, 4.69) is 45.9 Å². The van der Waals surface area contributed by atoms with Crippen LogP contribution in [0.4, 0.5) is 0 Å². The topological polar surface area (TPSA) is 54.4 Å². The summed E-state index contributed by atoms with van der Waals surface area (Å²) in [5.41, 5.74) is 4.97. The van der Waals surface area contributed by atoms with Crippen molar-refractivity contribution in [1.82, 2.24) is 0 Å². The van der Waals surface area contributed by atoms with Gasteiger partial charge in [0.25, 0.3) is 10.1 Å². The number of aryl methyl sites for hydroxylation is 3. The molecule has 0 bridgehead atoms. The highest BCUT2D eigenvalue weighted by atomic mass is 32.2. The van der Waals surface area contributed by atoms with Crippen LogP contribution in [0.1, 0.15) is 82.6 Å². The lowest BCUT2D eigenvalue weighted by atomic mass is 9.88. The summed E-state index contributed by atoms with van der Waals surface area (Å²) in [5, 5.41) is 2.05. The molecule has 1 N–H and O–H groups in total. The number of benzene rings is 2. The van der Waals surface area contributed by atoms with Crippen LogP contribution >= 0.6 is 0 Å². The fourth-order valence-electron chi connectivity index (χ4n) is 4.35. The second-order valence-electron chi connectivity index (χ2n) is 8.45. The minimum Gasteiger partial charge on any atom is -0.282 e. The molecule has 0 aliphatic carbocycles. The van der Waals surface area contributed by atoms with E-state index in [1.165, 1.54) is 11.1 Å². The zero-order valence-corrected chi connectivity index (χ0v) is 19.6. The van der Waals surface area contributed by atoms with Crippen LogP contribution in [0, 0.1) is 12.8 Å². The SMILES string of the molecule is CCCCCc1c(CCC)ccc2c(C)c(C(C)=CC(C)C)c(S(=O)(=O)O)cc12. The van der Waals surface area contributed by atoms with Crippen molar-refractivity contribution >= 4 is 26.5 Å². The van der Waals surface area contributed by atoms with E-state index >= 15 is 0 Å². The van der Waals surface area contributed by atoms with Crippen molar-refractivity contribution in [3.63, 3.8) is 0 Å². The number of fused-ring (bicyclic) bond motifs is 1. The van der Waals surface area contributed by atoms with Crippen LogP contribution in [0.2, 0.25) is 0 Å². The molecule has 0 aromatic heterocycles. The lowest BCUT2D eigenvalue weighted by Crippen LogP contribution is -2.07. The van der Waals surface area contributed by atoms with Gasteiger partial charge >= 0.3 is 0 Å². The first kappa shape index (κ1) is 23.6. The predicted molar refractivity (Wildman–Crippen MR) is 124 cm³/mol. The van der Waals surface area contributed by atoms with Crippen LogP contribution in [0.3, 0.4) is 0 Å². The summed E-state index contributed by atoms with van der Waals surface area (Å²) in [6.45, 7) is 12.4. The highest BCUT2D eigenvalue weighted by molar-refractivity contribution is 7.86. The molecular weight excluding hydrogens is 380 g/mol. The average molecular weight is 417 g/mol. The van der Waals surface area contributed by atoms with Crippen LogP contribution in [-0.2, 0) is 23.0 Å². The number of unbranched alkanes of at least 4 members (excludes halogenated alkanes) is 2. The first-order valence-corrected chi connectivity index (χ1v) is 12.3. The molecule has 0 spiro atoms. The smallest absolute Gasteiger partial charge is 0.282 e. The molecule has 3 nitrogen and oxygen atoms in total. The Bertz CT molecular complexity index is 999. The lowest BCUT2D eigenvalue weighted by molar-refractivity contribution is 0.483. The van der Waals surface area contributed by atoms with Crippen LogP contribution in [0.25, 0.3) is 16.3 Å². The van der Waals surface area contributed by atoms with Gasteiger partial charge < -0.3 is 0 Å². The lowest BCUT2D eigenvalue weighted by Gasteiger charge is -2.19. The fourth-order valence-corrected chi connectivity index (χ4v) is 5.19. The molecule has 0 aliphatic heterocycles. The molecule has 2 aromatic rings. The third kappa shape index (κ3) is 5.49. The normalized spacial score (nSPS) is 12.9. The van der Waals surface area contributed by atoms with E-state index in [-0.39, 0.29) is 10.8 Å². The van der Waals surface area contributed by atoms with Gasteiger partial charge in [-0.25, -0.2) is 0 Å². The summed E-state index contributed by atoms with van der Waals surface area (Å²) in [6.07, 6.45) is 8.39. The molecule has 2 rings (SSSR count). The molecule has 0 saturated carbocycles. The Kier molecular flexibility index (Phi) is 8.07. The van der Waals surface area contributed by atoms with Crippen molar-refractivity contribution in [3.8, 4) is 0 Å². The molecule has 0 unspecified atom stereocenters. The van der Waals surface area contributed by atoms with Crippen LogP contribution in [0.5, 0.6) is 0 Å². The molecule has 2 aromatic carbocycles. The molecule has 0 saturated heterocycles. The Hall–Kier alpha value is -1.65. The van der Waals surface area contributed by atoms with Crippen LogP contribution in [0.15, 0.2) is 29.2 Å². The van der Waals surface area contributed by atoms with Gasteiger partial charge in [0, 0.05) is 5.56 Å². The fraction of sp³-hybridized carbons (Fsp3) is 0.520. The maximum absolute atomic E-state index is 12.4. The molecule has 29 heavy (non-hydrogen) atoms. The zero-order chi connectivity index (χ0) is 21.8. The highest BCUT2D eigenvalue weighted by Gasteiger charge is 2.22. The number of rotatable bonds is 9. The minimum absolute atomic E-state index is 0.0299. The van der Waals surface area contributed by atoms with Crippen molar-refractivity contribution < 1.29 is 13.0 Å². The molecular formula is C25H36O3S. The van der Waals surface area contributed by atoms with Gasteiger partial charge in [0.1, 0.15) is 4.90 Å². The Morgan fingerprint density at radius 3 is 2.31 bits per heavy atom. The number of hydrogen-bond donors (Lipinski definition) is 1. The quantitative estimate of drug-likeness (QED) is 0.349. The summed E-state index contributed by atoms with van der Waals surface area (Å²) < 4.78 is 34.8. The average Bonchev–Trinajstić information content (AvgIpc) is 2.61. The van der Waals surface area contributed by atoms with E-state index in [9.17, 15) is 13.0 Å².